The van der Waals surface area contributed by atoms with Gasteiger partial charge in [0.05, 0.1) is 18.2 Å². The number of ether oxygens (including phenoxy) is 1. The van der Waals surface area contributed by atoms with E-state index in [-0.39, 0.29) is 0 Å². The second-order valence-electron chi connectivity index (χ2n) is 4.50. The van der Waals surface area contributed by atoms with Crippen LogP contribution in [0.4, 0.5) is 0 Å². The van der Waals surface area contributed by atoms with Crippen molar-refractivity contribution in [3.05, 3.63) is 0 Å². The van der Waals surface area contributed by atoms with Gasteiger partial charge in [-0.1, -0.05) is 5.22 Å². The van der Waals surface area contributed by atoms with Crippen molar-refractivity contribution in [3.63, 3.8) is 0 Å². The average Bonchev–Trinajstić information content (AvgIpc) is 2.52. The Morgan fingerprint density at radius 3 is 2.93 bits per heavy atom. The molecule has 0 aromatic rings. The largest absolute Gasteiger partial charge is 0.379 e. The molecule has 4 nitrogen and oxygen atoms in total. The maximum absolute atomic E-state index is 5.71. The van der Waals surface area contributed by atoms with E-state index in [0.29, 0.717) is 18.2 Å². The molecule has 15 heavy (non-hydrogen) atoms. The average molecular weight is 211 g/mol. The molecule has 0 N–H and O–H groups in total. The Labute approximate surface area is 91.7 Å². The van der Waals surface area contributed by atoms with Gasteiger partial charge in [-0.2, -0.15) is 5.11 Å². The quantitative estimate of drug-likeness (QED) is 0.703. The number of hydrogen-bond acceptors (Lipinski definition) is 4. The fourth-order valence-electron chi connectivity index (χ4n) is 2.63. The van der Waals surface area contributed by atoms with Crippen LogP contribution in [0.15, 0.2) is 10.3 Å². The van der Waals surface area contributed by atoms with Crippen molar-refractivity contribution >= 4 is 0 Å². The third-order valence-electron chi connectivity index (χ3n) is 3.48. The number of likely N-dealkylation sites (N-methyl/N-ethyl adjacent to an activating group) is 1. The predicted octanol–water partition coefficient (Wildman–Crippen LogP) is 2.41. The summed E-state index contributed by atoms with van der Waals surface area (Å²) in [6, 6.07) is 0.964. The minimum absolute atomic E-state index is 0.415. The molecular weight excluding hydrogens is 190 g/mol. The van der Waals surface area contributed by atoms with Crippen molar-refractivity contribution in [3.8, 4) is 0 Å². The van der Waals surface area contributed by atoms with Gasteiger partial charge in [0.1, 0.15) is 0 Å². The second kappa shape index (κ2) is 4.92. The Bertz CT molecular complexity index is 232. The summed E-state index contributed by atoms with van der Waals surface area (Å²) in [6.45, 7) is 2.91. The lowest BCUT2D eigenvalue weighted by Gasteiger charge is -2.27. The number of fused-ring (bicyclic) bond motifs is 1. The van der Waals surface area contributed by atoms with Gasteiger partial charge in [-0.05, 0) is 39.0 Å². The lowest BCUT2D eigenvalue weighted by Crippen LogP contribution is -2.34. The maximum Gasteiger partial charge on any atom is 0.0950 e. The molecule has 0 bridgehead atoms. The zero-order valence-electron chi connectivity index (χ0n) is 9.72. The third-order valence-corrected chi connectivity index (χ3v) is 3.48. The molecule has 1 aliphatic heterocycles. The summed E-state index contributed by atoms with van der Waals surface area (Å²) in [6.07, 6.45) is 6.37. The zero-order chi connectivity index (χ0) is 10.7. The third kappa shape index (κ3) is 2.48. The molecule has 3 unspecified atom stereocenters. The molecule has 0 aromatic carbocycles. The fraction of sp³-hybridized carbons (Fsp3) is 1.00. The zero-order valence-corrected chi connectivity index (χ0v) is 9.72. The summed E-state index contributed by atoms with van der Waals surface area (Å²) in [5.74, 6) is 0. The maximum atomic E-state index is 5.71. The molecule has 86 valence electrons. The molecule has 1 saturated carbocycles. The lowest BCUT2D eigenvalue weighted by molar-refractivity contribution is 0.0385. The van der Waals surface area contributed by atoms with E-state index in [0.717, 1.165) is 19.4 Å². The van der Waals surface area contributed by atoms with Crippen molar-refractivity contribution in [1.29, 1.82) is 0 Å². The molecule has 3 atom stereocenters. The normalized spacial score (nSPS) is 36.1. The van der Waals surface area contributed by atoms with Crippen molar-refractivity contribution in [1.82, 2.24) is 5.01 Å². The molecular formula is C11H21N3O. The van der Waals surface area contributed by atoms with Gasteiger partial charge in [-0.3, -0.25) is 5.01 Å². The second-order valence-corrected chi connectivity index (χ2v) is 4.50. The van der Waals surface area contributed by atoms with Crippen molar-refractivity contribution in [2.45, 2.75) is 57.2 Å². The van der Waals surface area contributed by atoms with Gasteiger partial charge >= 0.3 is 0 Å². The highest BCUT2D eigenvalue weighted by Gasteiger charge is 2.32. The van der Waals surface area contributed by atoms with Crippen LogP contribution in [0.5, 0.6) is 0 Å². The van der Waals surface area contributed by atoms with Gasteiger partial charge in [0.2, 0.25) is 0 Å². The van der Waals surface area contributed by atoms with Gasteiger partial charge in [0.15, 0.2) is 0 Å². The monoisotopic (exact) mass is 211 g/mol. The van der Waals surface area contributed by atoms with E-state index in [1.165, 1.54) is 19.3 Å². The summed E-state index contributed by atoms with van der Waals surface area (Å²) in [4.78, 5) is 0. The molecule has 0 saturated heterocycles. The number of rotatable bonds is 2. The van der Waals surface area contributed by atoms with Crippen LogP contribution >= 0.6 is 0 Å². The minimum atomic E-state index is 0.415. The van der Waals surface area contributed by atoms with Crippen LogP contribution in [-0.2, 0) is 4.74 Å². The van der Waals surface area contributed by atoms with Crippen LogP contribution in [0.1, 0.15) is 39.0 Å². The van der Waals surface area contributed by atoms with Crippen molar-refractivity contribution < 1.29 is 4.74 Å². The summed E-state index contributed by atoms with van der Waals surface area (Å²) < 4.78 is 5.71. The summed E-state index contributed by atoms with van der Waals surface area (Å²) in [5.41, 5.74) is 0. The highest BCUT2D eigenvalue weighted by molar-refractivity contribution is 4.87. The van der Waals surface area contributed by atoms with Gasteiger partial charge in [0, 0.05) is 13.7 Å². The van der Waals surface area contributed by atoms with E-state index in [1.54, 1.807) is 0 Å². The molecule has 0 spiro atoms. The van der Waals surface area contributed by atoms with Crippen LogP contribution in [0.25, 0.3) is 0 Å². The van der Waals surface area contributed by atoms with Gasteiger partial charge in [-0.25, -0.2) is 0 Å². The molecule has 1 aliphatic carbocycles. The fourth-order valence-corrected chi connectivity index (χ4v) is 2.63. The minimum Gasteiger partial charge on any atom is -0.379 e. The van der Waals surface area contributed by atoms with Crippen LogP contribution < -0.4 is 0 Å². The number of nitrogens with zero attached hydrogens (tertiary/aromatic N) is 3. The smallest absolute Gasteiger partial charge is 0.0950 e. The standard InChI is InChI=1S/C11H21N3O/c1-3-15-9-5-4-6-11-10(8-7-9)12-13-14(11)2/h9-11H,3-8H2,1-2H3. The first-order valence-corrected chi connectivity index (χ1v) is 6.06. The first kappa shape index (κ1) is 10.9. The SMILES string of the molecule is CCOC1CCCC2C(CC1)N=NN2C. The molecule has 1 fully saturated rings. The molecule has 1 heterocycles. The Hall–Kier alpha value is -0.640. The Morgan fingerprint density at radius 1 is 1.27 bits per heavy atom. The lowest BCUT2D eigenvalue weighted by atomic mass is 9.91. The molecule has 0 amide bonds. The Balaban J connectivity index is 1.89. The van der Waals surface area contributed by atoms with E-state index < -0.39 is 0 Å². The van der Waals surface area contributed by atoms with Crippen LogP contribution in [0.3, 0.4) is 0 Å². The topological polar surface area (TPSA) is 37.2 Å². The molecule has 2 rings (SSSR count). The van der Waals surface area contributed by atoms with Gasteiger partial charge < -0.3 is 4.74 Å². The van der Waals surface area contributed by atoms with Crippen molar-refractivity contribution in [2.24, 2.45) is 10.3 Å². The summed E-state index contributed by atoms with van der Waals surface area (Å²) in [5, 5.41) is 10.5. The Kier molecular flexibility index (Phi) is 3.57. The first-order chi connectivity index (χ1) is 7.31. The predicted molar refractivity (Wildman–Crippen MR) is 58.7 cm³/mol. The van der Waals surface area contributed by atoms with Crippen molar-refractivity contribution in [2.75, 3.05) is 13.7 Å². The number of hydrogen-bond donors (Lipinski definition) is 0. The highest BCUT2D eigenvalue weighted by Crippen LogP contribution is 2.28. The summed E-state index contributed by atoms with van der Waals surface area (Å²) >= 11 is 0. The Morgan fingerprint density at radius 2 is 2.13 bits per heavy atom. The van der Waals surface area contributed by atoms with E-state index in [4.69, 9.17) is 4.74 Å². The molecule has 0 radical (unpaired) electrons. The van der Waals surface area contributed by atoms with Gasteiger partial charge in [0.25, 0.3) is 0 Å². The first-order valence-electron chi connectivity index (χ1n) is 6.06. The highest BCUT2D eigenvalue weighted by atomic mass is 16.5. The van der Waals surface area contributed by atoms with E-state index in [9.17, 15) is 0 Å². The van der Waals surface area contributed by atoms with E-state index in [2.05, 4.69) is 17.3 Å². The molecule has 0 aromatic heterocycles. The van der Waals surface area contributed by atoms with E-state index >= 15 is 0 Å². The van der Waals surface area contributed by atoms with Gasteiger partial charge in [-0.15, -0.1) is 0 Å². The van der Waals surface area contributed by atoms with Crippen LogP contribution in [0, 0.1) is 0 Å². The van der Waals surface area contributed by atoms with Crippen LogP contribution in [-0.4, -0.2) is 36.9 Å². The van der Waals surface area contributed by atoms with E-state index in [1.807, 2.05) is 12.1 Å². The molecule has 4 heteroatoms. The summed E-state index contributed by atoms with van der Waals surface area (Å²) in [7, 11) is 2.04. The van der Waals surface area contributed by atoms with Crippen LogP contribution in [0.2, 0.25) is 0 Å². The molecule has 2 aliphatic rings.